The Kier molecular flexibility index (Phi) is 6.01. The van der Waals surface area contributed by atoms with Crippen LogP contribution in [0.3, 0.4) is 0 Å². The Balaban J connectivity index is 1.57. The Hall–Kier alpha value is -2.11. The normalized spacial score (nSPS) is 13.2. The molecule has 0 unspecified atom stereocenters. The van der Waals surface area contributed by atoms with Crippen LogP contribution in [-0.2, 0) is 14.8 Å². The molecule has 4 rings (SSSR count). The van der Waals surface area contributed by atoms with Crippen LogP contribution in [0.1, 0.15) is 18.9 Å². The molecule has 0 aliphatic heterocycles. The second-order valence-corrected chi connectivity index (χ2v) is 11.7. The minimum atomic E-state index is -3.92. The average Bonchev–Trinajstić information content (AvgIpc) is 3.26. The third-order valence-corrected chi connectivity index (χ3v) is 8.13. The van der Waals surface area contributed by atoms with Gasteiger partial charge in [0, 0.05) is 5.02 Å². The Morgan fingerprint density at radius 1 is 1.03 bits per heavy atom. The van der Waals surface area contributed by atoms with Crippen LogP contribution >= 0.6 is 34.3 Å². The van der Waals surface area contributed by atoms with Crippen LogP contribution in [-0.4, -0.2) is 30.3 Å². The Bertz CT molecular complexity index is 1400. The monoisotopic (exact) mass is 494 g/mol. The fourth-order valence-corrected chi connectivity index (χ4v) is 6.51. The maximum atomic E-state index is 13.0. The Labute approximate surface area is 192 Å². The molecule has 2 N–H and O–H groups in total. The Morgan fingerprint density at radius 2 is 1.71 bits per heavy atom. The highest BCUT2D eigenvalue weighted by atomic mass is 35.5. The van der Waals surface area contributed by atoms with Gasteiger partial charge in [0.2, 0.25) is 15.9 Å². The SMILES string of the molecule is Cc1nc2ccc(S(=O)(=O)N[C@H](C(=O)Nc3nc4ccc(Cl)cc4s3)C(C)C)cc2s1. The highest BCUT2D eigenvalue weighted by molar-refractivity contribution is 7.89. The van der Waals surface area contributed by atoms with E-state index in [0.29, 0.717) is 15.7 Å². The zero-order valence-corrected chi connectivity index (χ0v) is 20.0. The molecule has 2 aromatic heterocycles. The smallest absolute Gasteiger partial charge is 0.244 e. The number of amides is 1. The van der Waals surface area contributed by atoms with Crippen molar-refractivity contribution >= 4 is 75.8 Å². The molecule has 0 aliphatic rings. The number of carbonyl (C=O) groups is 1. The summed E-state index contributed by atoms with van der Waals surface area (Å²) in [5.74, 6) is -0.758. The number of aryl methyl sites for hydroxylation is 1. The minimum Gasteiger partial charge on any atom is -0.301 e. The summed E-state index contributed by atoms with van der Waals surface area (Å²) in [6.45, 7) is 5.42. The topological polar surface area (TPSA) is 101 Å². The molecule has 0 bridgehead atoms. The molecule has 162 valence electrons. The van der Waals surface area contributed by atoms with Crippen LogP contribution in [0.5, 0.6) is 0 Å². The number of halogens is 1. The quantitative estimate of drug-likeness (QED) is 0.400. The number of hydrogen-bond acceptors (Lipinski definition) is 7. The van der Waals surface area contributed by atoms with Crippen LogP contribution in [0.25, 0.3) is 20.4 Å². The number of carbonyl (C=O) groups excluding carboxylic acids is 1. The van der Waals surface area contributed by atoms with Gasteiger partial charge in [-0.15, -0.1) is 11.3 Å². The second-order valence-electron chi connectivity index (χ2n) is 7.33. The molecule has 2 aromatic carbocycles. The van der Waals surface area contributed by atoms with Crippen molar-refractivity contribution in [3.05, 3.63) is 46.4 Å². The van der Waals surface area contributed by atoms with Gasteiger partial charge in [-0.1, -0.05) is 36.8 Å². The van der Waals surface area contributed by atoms with Crippen molar-refractivity contribution in [2.24, 2.45) is 5.92 Å². The second kappa shape index (κ2) is 8.44. The van der Waals surface area contributed by atoms with E-state index in [2.05, 4.69) is 20.0 Å². The van der Waals surface area contributed by atoms with Crippen LogP contribution < -0.4 is 10.0 Å². The Morgan fingerprint density at radius 3 is 2.45 bits per heavy atom. The number of fused-ring (bicyclic) bond motifs is 2. The minimum absolute atomic E-state index is 0.0942. The summed E-state index contributed by atoms with van der Waals surface area (Å²) in [6, 6.07) is 9.03. The van der Waals surface area contributed by atoms with Gasteiger partial charge in [0.1, 0.15) is 6.04 Å². The third-order valence-electron chi connectivity index (χ3n) is 4.59. The zero-order chi connectivity index (χ0) is 22.3. The van der Waals surface area contributed by atoms with E-state index in [1.54, 1.807) is 44.2 Å². The van der Waals surface area contributed by atoms with E-state index in [1.807, 2.05) is 6.92 Å². The summed E-state index contributed by atoms with van der Waals surface area (Å²) < 4.78 is 30.1. The molecule has 0 spiro atoms. The number of nitrogens with zero attached hydrogens (tertiary/aromatic N) is 2. The molecule has 7 nitrogen and oxygen atoms in total. The molecule has 0 saturated carbocycles. The van der Waals surface area contributed by atoms with Gasteiger partial charge >= 0.3 is 0 Å². The van der Waals surface area contributed by atoms with Crippen molar-refractivity contribution in [1.29, 1.82) is 0 Å². The van der Waals surface area contributed by atoms with Gasteiger partial charge in [0.05, 0.1) is 30.3 Å². The molecule has 1 atom stereocenters. The van der Waals surface area contributed by atoms with E-state index in [0.717, 1.165) is 19.9 Å². The maximum absolute atomic E-state index is 13.0. The van der Waals surface area contributed by atoms with E-state index in [1.165, 1.54) is 28.7 Å². The molecule has 2 heterocycles. The van der Waals surface area contributed by atoms with E-state index in [9.17, 15) is 13.2 Å². The molecule has 4 aromatic rings. The fraction of sp³-hybridized carbons (Fsp3) is 0.250. The predicted octanol–water partition coefficient (Wildman–Crippen LogP) is 4.81. The number of sulfonamides is 1. The van der Waals surface area contributed by atoms with Gasteiger partial charge < -0.3 is 5.32 Å². The molecule has 0 radical (unpaired) electrons. The van der Waals surface area contributed by atoms with Crippen molar-refractivity contribution in [3.8, 4) is 0 Å². The molecule has 0 aliphatic carbocycles. The van der Waals surface area contributed by atoms with Crippen LogP contribution in [0, 0.1) is 12.8 Å². The fourth-order valence-electron chi connectivity index (χ4n) is 3.05. The number of benzene rings is 2. The van der Waals surface area contributed by atoms with E-state index >= 15 is 0 Å². The first-order valence-electron chi connectivity index (χ1n) is 9.39. The van der Waals surface area contributed by atoms with Crippen LogP contribution in [0.4, 0.5) is 5.13 Å². The van der Waals surface area contributed by atoms with Crippen molar-refractivity contribution in [2.45, 2.75) is 31.7 Å². The summed E-state index contributed by atoms with van der Waals surface area (Å²) in [6.07, 6.45) is 0. The van der Waals surface area contributed by atoms with E-state index in [4.69, 9.17) is 11.6 Å². The number of rotatable bonds is 6. The van der Waals surface area contributed by atoms with Crippen molar-refractivity contribution < 1.29 is 13.2 Å². The number of thiazole rings is 2. The average molecular weight is 495 g/mol. The zero-order valence-electron chi connectivity index (χ0n) is 16.8. The van der Waals surface area contributed by atoms with Crippen molar-refractivity contribution in [2.75, 3.05) is 5.32 Å². The molecule has 0 saturated heterocycles. The summed E-state index contributed by atoms with van der Waals surface area (Å²) in [5.41, 5.74) is 1.45. The largest absolute Gasteiger partial charge is 0.301 e. The van der Waals surface area contributed by atoms with Gasteiger partial charge in [0.25, 0.3) is 0 Å². The van der Waals surface area contributed by atoms with Gasteiger partial charge in [-0.2, -0.15) is 4.72 Å². The lowest BCUT2D eigenvalue weighted by molar-refractivity contribution is -0.118. The molecule has 11 heteroatoms. The number of hydrogen-bond donors (Lipinski definition) is 2. The molecular weight excluding hydrogens is 476 g/mol. The number of aromatic nitrogens is 2. The van der Waals surface area contributed by atoms with Gasteiger partial charge in [0.15, 0.2) is 5.13 Å². The van der Waals surface area contributed by atoms with Crippen LogP contribution in [0.15, 0.2) is 41.3 Å². The first-order chi connectivity index (χ1) is 14.6. The third kappa shape index (κ3) is 4.73. The molecular formula is C20H19ClN4O3S3. The van der Waals surface area contributed by atoms with Crippen LogP contribution in [0.2, 0.25) is 5.02 Å². The summed E-state index contributed by atoms with van der Waals surface area (Å²) in [5, 5.41) is 4.55. The summed E-state index contributed by atoms with van der Waals surface area (Å²) in [4.78, 5) is 21.7. The standard InChI is InChI=1S/C20H19ClN4O3S3/c1-10(2)18(19(26)24-20-23-15-6-4-12(21)8-16(15)30-20)25-31(27,28)13-5-7-14-17(9-13)29-11(3)22-14/h4-10,18,25H,1-3H3,(H,23,24,26)/t18-/m0/s1. The number of nitrogens with one attached hydrogen (secondary N) is 2. The molecule has 1 amide bonds. The van der Waals surface area contributed by atoms with E-state index in [-0.39, 0.29) is 10.8 Å². The number of anilines is 1. The molecule has 0 fully saturated rings. The van der Waals surface area contributed by atoms with E-state index < -0.39 is 22.0 Å². The lowest BCUT2D eigenvalue weighted by Gasteiger charge is -2.21. The predicted molar refractivity (Wildman–Crippen MR) is 127 cm³/mol. The first kappa shape index (κ1) is 22.1. The van der Waals surface area contributed by atoms with Gasteiger partial charge in [-0.05, 0) is 49.2 Å². The first-order valence-corrected chi connectivity index (χ1v) is 12.9. The highest BCUT2D eigenvalue weighted by Crippen LogP contribution is 2.29. The molecule has 31 heavy (non-hydrogen) atoms. The summed E-state index contributed by atoms with van der Waals surface area (Å²) in [7, 11) is -3.92. The van der Waals surface area contributed by atoms with Gasteiger partial charge in [-0.3, -0.25) is 4.79 Å². The van der Waals surface area contributed by atoms with Gasteiger partial charge in [-0.25, -0.2) is 18.4 Å². The lowest BCUT2D eigenvalue weighted by Crippen LogP contribution is -2.47. The van der Waals surface area contributed by atoms with Crippen molar-refractivity contribution in [3.63, 3.8) is 0 Å². The summed E-state index contributed by atoms with van der Waals surface area (Å²) >= 11 is 8.70. The maximum Gasteiger partial charge on any atom is 0.244 e. The van der Waals surface area contributed by atoms with Crippen molar-refractivity contribution in [1.82, 2.24) is 14.7 Å². The highest BCUT2D eigenvalue weighted by Gasteiger charge is 2.29. The lowest BCUT2D eigenvalue weighted by atomic mass is 10.1.